The maximum absolute atomic E-state index is 13.7. The van der Waals surface area contributed by atoms with Crippen molar-refractivity contribution in [2.24, 2.45) is 0 Å². The third kappa shape index (κ3) is 6.58. The predicted octanol–water partition coefficient (Wildman–Crippen LogP) is 6.72. The summed E-state index contributed by atoms with van der Waals surface area (Å²) in [6.07, 6.45) is -1.96. The van der Waals surface area contributed by atoms with Crippen LogP contribution in [0.25, 0.3) is 0 Å². The Balaban J connectivity index is 1.63. The van der Waals surface area contributed by atoms with Crippen molar-refractivity contribution in [2.45, 2.75) is 38.4 Å². The first-order valence-corrected chi connectivity index (χ1v) is 12.8. The molecular formula is C30H32F3NO5. The summed E-state index contributed by atoms with van der Waals surface area (Å²) in [5, 5.41) is 0. The molecule has 1 unspecified atom stereocenters. The van der Waals surface area contributed by atoms with Crippen LogP contribution in [0.1, 0.15) is 52.9 Å². The Morgan fingerprint density at radius 2 is 1.67 bits per heavy atom. The van der Waals surface area contributed by atoms with E-state index in [0.29, 0.717) is 42.4 Å². The Morgan fingerprint density at radius 3 is 2.33 bits per heavy atom. The highest BCUT2D eigenvalue weighted by atomic mass is 19.4. The smallest absolute Gasteiger partial charge is 0.416 e. The largest absolute Gasteiger partial charge is 0.494 e. The normalized spacial score (nSPS) is 14.9. The molecule has 0 spiro atoms. The molecule has 0 saturated carbocycles. The van der Waals surface area contributed by atoms with Gasteiger partial charge in [0.2, 0.25) is 0 Å². The fourth-order valence-corrected chi connectivity index (χ4v) is 4.58. The second-order valence-corrected chi connectivity index (χ2v) is 9.23. The number of unbranched alkanes of at least 4 members (excludes halogenated alkanes) is 1. The van der Waals surface area contributed by atoms with E-state index in [9.17, 15) is 18.0 Å². The second kappa shape index (κ2) is 12.3. The molecule has 39 heavy (non-hydrogen) atoms. The Hall–Kier alpha value is -3.88. The fraction of sp³-hybridized carbons (Fsp3) is 0.367. The number of alkyl halides is 3. The van der Waals surface area contributed by atoms with E-state index in [1.807, 2.05) is 6.07 Å². The van der Waals surface area contributed by atoms with Crippen molar-refractivity contribution in [2.75, 3.05) is 34.0 Å². The number of methoxy groups -OCH3 is 2. The van der Waals surface area contributed by atoms with Gasteiger partial charge in [-0.2, -0.15) is 13.2 Å². The van der Waals surface area contributed by atoms with Gasteiger partial charge >= 0.3 is 6.18 Å². The summed E-state index contributed by atoms with van der Waals surface area (Å²) in [6, 6.07) is 14.8. The summed E-state index contributed by atoms with van der Waals surface area (Å²) in [7, 11) is 3.07. The third-order valence-corrected chi connectivity index (χ3v) is 6.70. The van der Waals surface area contributed by atoms with Crippen LogP contribution >= 0.6 is 0 Å². The molecule has 1 amide bonds. The van der Waals surface area contributed by atoms with Gasteiger partial charge in [-0.05, 0) is 78.6 Å². The van der Waals surface area contributed by atoms with E-state index in [4.69, 9.17) is 18.9 Å². The topological polar surface area (TPSA) is 57.2 Å². The molecule has 0 aliphatic carbocycles. The van der Waals surface area contributed by atoms with Gasteiger partial charge < -0.3 is 23.8 Å². The monoisotopic (exact) mass is 543 g/mol. The summed E-state index contributed by atoms with van der Waals surface area (Å²) >= 11 is 0. The van der Waals surface area contributed by atoms with E-state index in [1.54, 1.807) is 42.3 Å². The average Bonchev–Trinajstić information content (AvgIpc) is 2.94. The van der Waals surface area contributed by atoms with Crippen LogP contribution in [-0.4, -0.2) is 44.8 Å². The van der Waals surface area contributed by atoms with Gasteiger partial charge in [-0.25, -0.2) is 0 Å². The number of rotatable bonds is 10. The van der Waals surface area contributed by atoms with E-state index in [1.165, 1.54) is 19.2 Å². The lowest BCUT2D eigenvalue weighted by Gasteiger charge is -2.37. The Labute approximate surface area is 226 Å². The minimum absolute atomic E-state index is 0.0479. The molecule has 3 aromatic carbocycles. The van der Waals surface area contributed by atoms with E-state index in [-0.39, 0.29) is 18.3 Å². The quantitative estimate of drug-likeness (QED) is 0.266. The van der Waals surface area contributed by atoms with Crippen molar-refractivity contribution >= 4 is 5.91 Å². The predicted molar refractivity (Wildman–Crippen MR) is 141 cm³/mol. The number of carbonyl (C=O) groups is 1. The highest BCUT2D eigenvalue weighted by Crippen LogP contribution is 2.39. The van der Waals surface area contributed by atoms with Gasteiger partial charge in [0.15, 0.2) is 11.5 Å². The number of hydrogen-bond acceptors (Lipinski definition) is 5. The first-order valence-electron chi connectivity index (χ1n) is 12.8. The van der Waals surface area contributed by atoms with Crippen LogP contribution in [0.4, 0.5) is 13.2 Å². The molecule has 0 saturated heterocycles. The number of carbonyl (C=O) groups excluding carboxylic acids is 1. The SMILES string of the molecule is CCCCOc1ccc(C(=O)N2CCc3cc(OC)c(OC)cc3C2COc2cccc(C(F)(F)F)c2)cc1. The van der Waals surface area contributed by atoms with Gasteiger partial charge in [-0.3, -0.25) is 4.79 Å². The number of fused-ring (bicyclic) bond motifs is 1. The van der Waals surface area contributed by atoms with E-state index in [2.05, 4.69) is 6.92 Å². The molecule has 208 valence electrons. The lowest BCUT2D eigenvalue weighted by Crippen LogP contribution is -2.42. The van der Waals surface area contributed by atoms with Crippen molar-refractivity contribution in [3.63, 3.8) is 0 Å². The Bertz CT molecular complexity index is 1280. The van der Waals surface area contributed by atoms with Crippen LogP contribution in [0.2, 0.25) is 0 Å². The average molecular weight is 544 g/mol. The van der Waals surface area contributed by atoms with Gasteiger partial charge in [-0.1, -0.05) is 19.4 Å². The molecule has 4 rings (SSSR count). The number of amides is 1. The molecule has 3 aromatic rings. The summed E-state index contributed by atoms with van der Waals surface area (Å²) < 4.78 is 62.3. The summed E-state index contributed by atoms with van der Waals surface area (Å²) in [6.45, 7) is 3.04. The molecular weight excluding hydrogens is 511 g/mol. The van der Waals surface area contributed by atoms with Gasteiger partial charge in [-0.15, -0.1) is 0 Å². The number of hydrogen-bond donors (Lipinski definition) is 0. The van der Waals surface area contributed by atoms with Crippen molar-refractivity contribution in [1.82, 2.24) is 4.90 Å². The fourth-order valence-electron chi connectivity index (χ4n) is 4.58. The van der Waals surface area contributed by atoms with Crippen LogP contribution in [0.5, 0.6) is 23.0 Å². The van der Waals surface area contributed by atoms with Crippen molar-refractivity contribution in [3.8, 4) is 23.0 Å². The Kier molecular flexibility index (Phi) is 8.89. The van der Waals surface area contributed by atoms with Crippen LogP contribution in [0.15, 0.2) is 60.7 Å². The minimum Gasteiger partial charge on any atom is -0.494 e. The molecule has 6 nitrogen and oxygen atoms in total. The highest BCUT2D eigenvalue weighted by molar-refractivity contribution is 5.95. The van der Waals surface area contributed by atoms with Gasteiger partial charge in [0, 0.05) is 12.1 Å². The zero-order chi connectivity index (χ0) is 28.0. The summed E-state index contributed by atoms with van der Waals surface area (Å²) in [4.78, 5) is 15.4. The lowest BCUT2D eigenvalue weighted by atomic mass is 9.91. The van der Waals surface area contributed by atoms with Crippen molar-refractivity contribution in [1.29, 1.82) is 0 Å². The van der Waals surface area contributed by atoms with Crippen LogP contribution in [0, 0.1) is 0 Å². The zero-order valence-corrected chi connectivity index (χ0v) is 22.2. The first-order chi connectivity index (χ1) is 18.7. The molecule has 9 heteroatoms. The standard InChI is InChI=1S/C30H32F3NO5/c1-4-5-15-38-23-11-9-20(10-12-23)29(35)34-14-13-21-16-27(36-2)28(37-3)18-25(21)26(34)19-39-24-8-6-7-22(17-24)30(31,32)33/h6-12,16-18,26H,4-5,13-15,19H2,1-3H3. The van der Waals surface area contributed by atoms with Gasteiger partial charge in [0.1, 0.15) is 18.1 Å². The highest BCUT2D eigenvalue weighted by Gasteiger charge is 2.34. The van der Waals surface area contributed by atoms with Crippen LogP contribution < -0.4 is 18.9 Å². The van der Waals surface area contributed by atoms with Crippen molar-refractivity contribution in [3.05, 3.63) is 82.9 Å². The van der Waals surface area contributed by atoms with E-state index >= 15 is 0 Å². The molecule has 1 atom stereocenters. The third-order valence-electron chi connectivity index (χ3n) is 6.70. The molecule has 1 aliphatic heterocycles. The minimum atomic E-state index is -4.49. The van der Waals surface area contributed by atoms with E-state index in [0.717, 1.165) is 36.1 Å². The van der Waals surface area contributed by atoms with Crippen LogP contribution in [-0.2, 0) is 12.6 Å². The summed E-state index contributed by atoms with van der Waals surface area (Å²) in [5.41, 5.74) is 1.42. The molecule has 0 bridgehead atoms. The number of benzene rings is 3. The number of nitrogens with zero attached hydrogens (tertiary/aromatic N) is 1. The molecule has 0 radical (unpaired) electrons. The molecule has 0 aromatic heterocycles. The zero-order valence-electron chi connectivity index (χ0n) is 22.2. The van der Waals surface area contributed by atoms with Crippen LogP contribution in [0.3, 0.4) is 0 Å². The molecule has 0 N–H and O–H groups in total. The Morgan fingerprint density at radius 1 is 0.949 bits per heavy atom. The summed E-state index contributed by atoms with van der Waals surface area (Å²) in [5.74, 6) is 1.59. The number of halogens is 3. The maximum Gasteiger partial charge on any atom is 0.416 e. The van der Waals surface area contributed by atoms with Crippen molar-refractivity contribution < 1.29 is 36.9 Å². The first kappa shape index (κ1) is 28.1. The van der Waals surface area contributed by atoms with Gasteiger partial charge in [0.05, 0.1) is 32.4 Å². The van der Waals surface area contributed by atoms with E-state index < -0.39 is 17.8 Å². The molecule has 1 heterocycles. The second-order valence-electron chi connectivity index (χ2n) is 9.23. The molecule has 1 aliphatic rings. The maximum atomic E-state index is 13.7. The van der Waals surface area contributed by atoms with Gasteiger partial charge in [0.25, 0.3) is 5.91 Å². The number of ether oxygens (including phenoxy) is 4. The lowest BCUT2D eigenvalue weighted by molar-refractivity contribution is -0.137. The molecule has 0 fully saturated rings.